The van der Waals surface area contributed by atoms with Crippen molar-refractivity contribution in [1.29, 1.82) is 0 Å². The molecular weight excluding hydrogens is 343 g/mol. The van der Waals surface area contributed by atoms with Gasteiger partial charge in [0.05, 0.1) is 0 Å². The predicted octanol–water partition coefficient (Wildman–Crippen LogP) is 2.07. The van der Waals surface area contributed by atoms with Crippen LogP contribution < -0.4 is 10.6 Å². The van der Waals surface area contributed by atoms with Crippen LogP contribution in [0.15, 0.2) is 22.6 Å². The molecule has 0 aliphatic carbocycles. The molecule has 0 radical (unpaired) electrons. The van der Waals surface area contributed by atoms with Crippen molar-refractivity contribution in [2.45, 2.75) is 33.2 Å². The van der Waals surface area contributed by atoms with Gasteiger partial charge in [-0.3, -0.25) is 9.59 Å². The van der Waals surface area contributed by atoms with Crippen LogP contribution in [0.3, 0.4) is 0 Å². The zero-order chi connectivity index (χ0) is 19.3. The number of nitrogens with one attached hydrogen (secondary N) is 2. The number of fused-ring (bicyclic) bond motifs is 1. The Labute approximate surface area is 149 Å². The van der Waals surface area contributed by atoms with Gasteiger partial charge < -0.3 is 19.8 Å². The molecule has 2 amide bonds. The van der Waals surface area contributed by atoms with Gasteiger partial charge in [-0.15, -0.1) is 0 Å². The number of amides is 2. The van der Waals surface area contributed by atoms with Crippen molar-refractivity contribution in [2.75, 3.05) is 13.2 Å². The Morgan fingerprint density at radius 2 is 2.04 bits per heavy atom. The van der Waals surface area contributed by atoms with E-state index in [1.807, 2.05) is 6.92 Å². The van der Waals surface area contributed by atoms with Gasteiger partial charge in [0.25, 0.3) is 5.91 Å². The number of aryl methyl sites for hydroxylation is 1. The lowest BCUT2D eigenvalue weighted by Gasteiger charge is -2.13. The highest BCUT2D eigenvalue weighted by Gasteiger charge is 2.21. The van der Waals surface area contributed by atoms with Crippen LogP contribution in [0, 0.1) is 12.7 Å². The minimum Gasteiger partial charge on any atom is -0.450 e. The van der Waals surface area contributed by atoms with E-state index in [0.717, 1.165) is 6.42 Å². The van der Waals surface area contributed by atoms with Crippen LogP contribution in [-0.4, -0.2) is 37.0 Å². The number of carbonyl (C=O) groups excluding carboxylic acids is 3. The largest absolute Gasteiger partial charge is 0.450 e. The molecule has 140 valence electrons. The van der Waals surface area contributed by atoms with E-state index in [1.165, 1.54) is 25.1 Å². The minimum absolute atomic E-state index is 0.0906. The average molecular weight is 364 g/mol. The summed E-state index contributed by atoms with van der Waals surface area (Å²) in [5.74, 6) is -2.31. The summed E-state index contributed by atoms with van der Waals surface area (Å²) in [4.78, 5) is 35.6. The first-order valence-corrected chi connectivity index (χ1v) is 8.26. The Hall–Kier alpha value is -2.90. The topological polar surface area (TPSA) is 97.6 Å². The zero-order valence-electron chi connectivity index (χ0n) is 14.8. The second-order valence-electron chi connectivity index (χ2n) is 5.85. The molecule has 8 heteroatoms. The SMILES string of the molecule is CCCNC(=O)[C@@H](C)NC(=O)COC(=O)c1oc2ccc(F)cc2c1C. The molecule has 26 heavy (non-hydrogen) atoms. The third-order valence-electron chi connectivity index (χ3n) is 3.74. The second kappa shape index (κ2) is 8.46. The Bertz CT molecular complexity index is 830. The number of rotatable bonds is 7. The van der Waals surface area contributed by atoms with E-state index in [4.69, 9.17) is 9.15 Å². The number of benzene rings is 1. The van der Waals surface area contributed by atoms with Crippen LogP contribution in [-0.2, 0) is 14.3 Å². The molecule has 0 spiro atoms. The fourth-order valence-corrected chi connectivity index (χ4v) is 2.33. The molecule has 0 saturated heterocycles. The van der Waals surface area contributed by atoms with Gasteiger partial charge in [-0.1, -0.05) is 6.92 Å². The number of esters is 1. The lowest BCUT2D eigenvalue weighted by Crippen LogP contribution is -2.46. The first-order chi connectivity index (χ1) is 12.3. The quantitative estimate of drug-likeness (QED) is 0.733. The van der Waals surface area contributed by atoms with E-state index in [9.17, 15) is 18.8 Å². The summed E-state index contributed by atoms with van der Waals surface area (Å²) >= 11 is 0. The molecule has 2 aromatic rings. The predicted molar refractivity (Wildman–Crippen MR) is 92.1 cm³/mol. The molecule has 0 aliphatic rings. The van der Waals surface area contributed by atoms with Crippen molar-refractivity contribution in [3.8, 4) is 0 Å². The fraction of sp³-hybridized carbons (Fsp3) is 0.389. The maximum atomic E-state index is 13.3. The molecule has 0 unspecified atom stereocenters. The first kappa shape index (κ1) is 19.4. The monoisotopic (exact) mass is 364 g/mol. The standard InChI is InChI=1S/C18H21FN2O5/c1-4-7-20-17(23)11(3)21-15(22)9-25-18(24)16-10(2)13-8-12(19)5-6-14(13)26-16/h5-6,8,11H,4,7,9H2,1-3H3,(H,20,23)(H,21,22)/t11-/m1/s1. The zero-order valence-corrected chi connectivity index (χ0v) is 14.8. The van der Waals surface area contributed by atoms with Gasteiger partial charge in [0.15, 0.2) is 6.61 Å². The maximum absolute atomic E-state index is 13.3. The van der Waals surface area contributed by atoms with Gasteiger partial charge in [-0.05, 0) is 38.5 Å². The molecule has 1 heterocycles. The van der Waals surface area contributed by atoms with Crippen molar-refractivity contribution in [3.05, 3.63) is 35.3 Å². The number of halogens is 1. The summed E-state index contributed by atoms with van der Waals surface area (Å²) in [6.07, 6.45) is 0.783. The van der Waals surface area contributed by atoms with Crippen LogP contribution in [0.5, 0.6) is 0 Å². The second-order valence-corrected chi connectivity index (χ2v) is 5.85. The lowest BCUT2D eigenvalue weighted by atomic mass is 10.1. The molecule has 0 saturated carbocycles. The maximum Gasteiger partial charge on any atom is 0.375 e. The van der Waals surface area contributed by atoms with Crippen molar-refractivity contribution in [1.82, 2.24) is 10.6 Å². The molecule has 1 atom stereocenters. The van der Waals surface area contributed by atoms with E-state index in [-0.39, 0.29) is 11.7 Å². The van der Waals surface area contributed by atoms with E-state index >= 15 is 0 Å². The average Bonchev–Trinajstić information content (AvgIpc) is 2.94. The third-order valence-corrected chi connectivity index (χ3v) is 3.74. The number of furan rings is 1. The molecule has 0 fully saturated rings. The molecule has 1 aromatic carbocycles. The summed E-state index contributed by atoms with van der Waals surface area (Å²) in [7, 11) is 0. The van der Waals surface area contributed by atoms with Crippen molar-refractivity contribution < 1.29 is 27.9 Å². The van der Waals surface area contributed by atoms with Crippen molar-refractivity contribution >= 4 is 28.8 Å². The molecule has 1 aromatic heterocycles. The summed E-state index contributed by atoms with van der Waals surface area (Å²) in [5.41, 5.74) is 0.777. The van der Waals surface area contributed by atoms with Gasteiger partial charge in [0.2, 0.25) is 11.7 Å². The summed E-state index contributed by atoms with van der Waals surface area (Å²) in [6.45, 7) is 5.00. The highest BCUT2D eigenvalue weighted by atomic mass is 19.1. The fourth-order valence-electron chi connectivity index (χ4n) is 2.33. The normalized spacial score (nSPS) is 11.8. The van der Waals surface area contributed by atoms with Crippen LogP contribution in [0.25, 0.3) is 11.0 Å². The molecule has 2 N–H and O–H groups in total. The highest BCUT2D eigenvalue weighted by molar-refractivity contribution is 5.97. The third kappa shape index (κ3) is 4.59. The summed E-state index contributed by atoms with van der Waals surface area (Å²) in [5, 5.41) is 5.54. The van der Waals surface area contributed by atoms with E-state index in [0.29, 0.717) is 23.1 Å². The van der Waals surface area contributed by atoms with Crippen molar-refractivity contribution in [3.63, 3.8) is 0 Å². The summed E-state index contributed by atoms with van der Waals surface area (Å²) < 4.78 is 23.6. The van der Waals surface area contributed by atoms with Gasteiger partial charge in [-0.25, -0.2) is 9.18 Å². The van der Waals surface area contributed by atoms with Gasteiger partial charge in [0.1, 0.15) is 17.4 Å². The van der Waals surface area contributed by atoms with Gasteiger partial charge in [-0.2, -0.15) is 0 Å². The summed E-state index contributed by atoms with van der Waals surface area (Å²) in [6, 6.07) is 3.15. The van der Waals surface area contributed by atoms with Crippen LogP contribution in [0.2, 0.25) is 0 Å². The number of hydrogen-bond acceptors (Lipinski definition) is 5. The Morgan fingerprint density at radius 1 is 1.31 bits per heavy atom. The van der Waals surface area contributed by atoms with Crippen molar-refractivity contribution in [2.24, 2.45) is 0 Å². The molecule has 2 rings (SSSR count). The molecule has 0 aliphatic heterocycles. The molecule has 7 nitrogen and oxygen atoms in total. The molecular formula is C18H21FN2O5. The highest BCUT2D eigenvalue weighted by Crippen LogP contribution is 2.26. The van der Waals surface area contributed by atoms with Crippen LogP contribution in [0.1, 0.15) is 36.4 Å². The van der Waals surface area contributed by atoms with E-state index in [2.05, 4.69) is 10.6 Å². The van der Waals surface area contributed by atoms with Gasteiger partial charge >= 0.3 is 5.97 Å². The molecule has 0 bridgehead atoms. The van der Waals surface area contributed by atoms with Gasteiger partial charge in [0, 0.05) is 17.5 Å². The smallest absolute Gasteiger partial charge is 0.375 e. The Balaban J connectivity index is 1.93. The number of carbonyl (C=O) groups is 3. The van der Waals surface area contributed by atoms with E-state index < -0.39 is 30.3 Å². The minimum atomic E-state index is -0.836. The van der Waals surface area contributed by atoms with Crippen LogP contribution >= 0.6 is 0 Å². The number of hydrogen-bond donors (Lipinski definition) is 2. The van der Waals surface area contributed by atoms with Crippen LogP contribution in [0.4, 0.5) is 4.39 Å². The Morgan fingerprint density at radius 3 is 2.73 bits per heavy atom. The lowest BCUT2D eigenvalue weighted by molar-refractivity contribution is -0.130. The number of ether oxygens (including phenoxy) is 1. The Kier molecular flexibility index (Phi) is 6.32. The van der Waals surface area contributed by atoms with E-state index in [1.54, 1.807) is 6.92 Å². The first-order valence-electron chi connectivity index (χ1n) is 8.26.